The molecule has 0 aromatic carbocycles. The lowest BCUT2D eigenvalue weighted by atomic mass is 9.89. The maximum Gasteiger partial charge on any atom is 0.241 e. The predicted molar refractivity (Wildman–Crippen MR) is 76.2 cm³/mol. The van der Waals surface area contributed by atoms with Gasteiger partial charge < -0.3 is 4.90 Å². The van der Waals surface area contributed by atoms with Gasteiger partial charge in [-0.3, -0.25) is 10.1 Å². The van der Waals surface area contributed by atoms with E-state index in [-0.39, 0.29) is 17.6 Å². The molecule has 3 nitrogen and oxygen atoms in total. The molecule has 0 spiro atoms. The zero-order valence-corrected chi connectivity index (χ0v) is 12.9. The third kappa shape index (κ3) is 3.71. The van der Waals surface area contributed by atoms with Crippen LogP contribution in [0.4, 0.5) is 0 Å². The van der Waals surface area contributed by atoms with Crippen LogP contribution in [0.5, 0.6) is 0 Å². The third-order valence-electron chi connectivity index (χ3n) is 4.00. The van der Waals surface area contributed by atoms with Gasteiger partial charge in [0.2, 0.25) is 5.91 Å². The fourth-order valence-corrected chi connectivity index (χ4v) is 2.49. The Morgan fingerprint density at radius 2 is 1.94 bits per heavy atom. The van der Waals surface area contributed by atoms with Crippen molar-refractivity contribution >= 4 is 5.91 Å². The number of carbonyl (C=O) groups excluding carboxylic acids is 1. The molecule has 1 amide bonds. The maximum atomic E-state index is 12.5. The van der Waals surface area contributed by atoms with Crippen LogP contribution in [0, 0.1) is 11.3 Å². The van der Waals surface area contributed by atoms with Gasteiger partial charge in [0.15, 0.2) is 0 Å². The summed E-state index contributed by atoms with van der Waals surface area (Å²) in [4.78, 5) is 14.5. The zero-order chi connectivity index (χ0) is 13.9. The molecule has 18 heavy (non-hydrogen) atoms. The number of amides is 1. The van der Waals surface area contributed by atoms with Gasteiger partial charge in [0, 0.05) is 6.54 Å². The molecule has 2 atom stereocenters. The minimum Gasteiger partial charge on any atom is -0.325 e. The van der Waals surface area contributed by atoms with Crippen LogP contribution < -0.4 is 5.32 Å². The topological polar surface area (TPSA) is 32.3 Å². The smallest absolute Gasteiger partial charge is 0.241 e. The normalized spacial score (nSPS) is 25.3. The van der Waals surface area contributed by atoms with Gasteiger partial charge in [-0.05, 0) is 30.6 Å². The fourth-order valence-electron chi connectivity index (χ4n) is 2.49. The van der Waals surface area contributed by atoms with Crippen molar-refractivity contribution in [3.05, 3.63) is 0 Å². The zero-order valence-electron chi connectivity index (χ0n) is 12.9. The van der Waals surface area contributed by atoms with Crippen LogP contribution in [0.2, 0.25) is 0 Å². The summed E-state index contributed by atoms with van der Waals surface area (Å²) in [7, 11) is 0. The SMILES string of the molecule is CCC1NC(CC(C)C)C(=O)N1CC(C)(C)CC. The molecular weight excluding hydrogens is 224 g/mol. The Balaban J connectivity index is 2.74. The van der Waals surface area contributed by atoms with Crippen molar-refractivity contribution in [3.8, 4) is 0 Å². The van der Waals surface area contributed by atoms with E-state index >= 15 is 0 Å². The Morgan fingerprint density at radius 3 is 2.39 bits per heavy atom. The summed E-state index contributed by atoms with van der Waals surface area (Å²) in [5, 5.41) is 3.49. The summed E-state index contributed by atoms with van der Waals surface area (Å²) < 4.78 is 0. The van der Waals surface area contributed by atoms with E-state index in [1.54, 1.807) is 0 Å². The highest BCUT2D eigenvalue weighted by Gasteiger charge is 2.39. The monoisotopic (exact) mass is 254 g/mol. The number of hydrogen-bond donors (Lipinski definition) is 1. The standard InChI is InChI=1S/C15H30N2O/c1-7-13-16-12(9-11(3)4)14(18)17(13)10-15(5,6)8-2/h11-13,16H,7-10H2,1-6H3. The molecular formula is C15H30N2O. The van der Waals surface area contributed by atoms with Gasteiger partial charge in [-0.15, -0.1) is 0 Å². The lowest BCUT2D eigenvalue weighted by molar-refractivity contribution is -0.131. The van der Waals surface area contributed by atoms with Gasteiger partial charge >= 0.3 is 0 Å². The van der Waals surface area contributed by atoms with E-state index in [1.807, 2.05) is 0 Å². The van der Waals surface area contributed by atoms with Crippen LogP contribution in [-0.4, -0.2) is 29.6 Å². The Hall–Kier alpha value is -0.570. The lowest BCUT2D eigenvalue weighted by Gasteiger charge is -2.32. The summed E-state index contributed by atoms with van der Waals surface area (Å²) >= 11 is 0. The maximum absolute atomic E-state index is 12.5. The van der Waals surface area contributed by atoms with Crippen molar-refractivity contribution in [2.45, 2.75) is 73.0 Å². The molecule has 1 aliphatic rings. The Kier molecular flexibility index (Phi) is 5.20. The number of hydrogen-bond acceptors (Lipinski definition) is 2. The number of carbonyl (C=O) groups is 1. The van der Waals surface area contributed by atoms with Gasteiger partial charge in [-0.2, -0.15) is 0 Å². The van der Waals surface area contributed by atoms with Crippen LogP contribution in [-0.2, 0) is 4.79 Å². The Morgan fingerprint density at radius 1 is 1.33 bits per heavy atom. The highest BCUT2D eigenvalue weighted by Crippen LogP contribution is 2.26. The van der Waals surface area contributed by atoms with E-state index < -0.39 is 0 Å². The minimum atomic E-state index is 0.0302. The van der Waals surface area contributed by atoms with E-state index in [2.05, 4.69) is 51.8 Å². The molecule has 0 aliphatic carbocycles. The third-order valence-corrected chi connectivity index (χ3v) is 4.00. The molecule has 1 fully saturated rings. The second kappa shape index (κ2) is 6.05. The van der Waals surface area contributed by atoms with Gasteiger partial charge in [0.25, 0.3) is 0 Å². The predicted octanol–water partition coefficient (Wildman–Crippen LogP) is 3.01. The highest BCUT2D eigenvalue weighted by molar-refractivity contribution is 5.84. The van der Waals surface area contributed by atoms with Crippen molar-refractivity contribution < 1.29 is 4.79 Å². The quantitative estimate of drug-likeness (QED) is 0.790. The van der Waals surface area contributed by atoms with E-state index in [9.17, 15) is 4.79 Å². The summed E-state index contributed by atoms with van der Waals surface area (Å²) in [6.07, 6.45) is 3.26. The highest BCUT2D eigenvalue weighted by atomic mass is 16.2. The number of rotatable bonds is 6. The first-order valence-corrected chi connectivity index (χ1v) is 7.37. The molecule has 1 rings (SSSR count). The lowest BCUT2D eigenvalue weighted by Crippen LogP contribution is -2.42. The van der Waals surface area contributed by atoms with E-state index in [0.717, 1.165) is 25.8 Å². The van der Waals surface area contributed by atoms with Gasteiger partial charge in [0.05, 0.1) is 12.2 Å². The Bertz CT molecular complexity index is 286. The van der Waals surface area contributed by atoms with Crippen molar-refractivity contribution in [2.75, 3.05) is 6.54 Å². The molecule has 1 saturated heterocycles. The number of nitrogens with one attached hydrogen (secondary N) is 1. The van der Waals surface area contributed by atoms with Crippen LogP contribution in [0.15, 0.2) is 0 Å². The summed E-state index contributed by atoms with van der Waals surface area (Å²) in [5.74, 6) is 0.861. The molecule has 2 unspecified atom stereocenters. The fraction of sp³-hybridized carbons (Fsp3) is 0.933. The first-order valence-electron chi connectivity index (χ1n) is 7.37. The van der Waals surface area contributed by atoms with Crippen molar-refractivity contribution in [1.29, 1.82) is 0 Å². The van der Waals surface area contributed by atoms with E-state index in [4.69, 9.17) is 0 Å². The molecule has 0 bridgehead atoms. The van der Waals surface area contributed by atoms with Crippen LogP contribution in [0.25, 0.3) is 0 Å². The summed E-state index contributed by atoms with van der Waals surface area (Å²) in [6.45, 7) is 14.0. The van der Waals surface area contributed by atoms with E-state index in [0.29, 0.717) is 11.8 Å². The average molecular weight is 254 g/mol. The van der Waals surface area contributed by atoms with Crippen molar-refractivity contribution in [1.82, 2.24) is 10.2 Å². The minimum absolute atomic E-state index is 0.0302. The van der Waals surface area contributed by atoms with Crippen molar-refractivity contribution in [2.24, 2.45) is 11.3 Å². The van der Waals surface area contributed by atoms with Gasteiger partial charge in [-0.25, -0.2) is 0 Å². The largest absolute Gasteiger partial charge is 0.325 e. The first kappa shape index (κ1) is 15.5. The van der Waals surface area contributed by atoms with Crippen molar-refractivity contribution in [3.63, 3.8) is 0 Å². The molecule has 106 valence electrons. The molecule has 0 aromatic rings. The summed E-state index contributed by atoms with van der Waals surface area (Å²) in [5.41, 5.74) is 0.206. The molecule has 0 saturated carbocycles. The molecule has 0 radical (unpaired) electrons. The molecule has 1 N–H and O–H groups in total. The van der Waals surface area contributed by atoms with Gasteiger partial charge in [0.1, 0.15) is 0 Å². The molecule has 1 heterocycles. The molecule has 1 aliphatic heterocycles. The van der Waals surface area contributed by atoms with Gasteiger partial charge in [-0.1, -0.05) is 41.5 Å². The molecule has 0 aromatic heterocycles. The number of nitrogens with zero attached hydrogens (tertiary/aromatic N) is 1. The second-order valence-corrected chi connectivity index (χ2v) is 6.76. The second-order valence-electron chi connectivity index (χ2n) is 6.76. The Labute approximate surface area is 112 Å². The van der Waals surface area contributed by atoms with Crippen LogP contribution in [0.1, 0.15) is 60.8 Å². The summed E-state index contributed by atoms with van der Waals surface area (Å²) in [6, 6.07) is 0.0302. The first-order chi connectivity index (χ1) is 8.30. The van der Waals surface area contributed by atoms with Crippen LogP contribution in [0.3, 0.4) is 0 Å². The average Bonchev–Trinajstić information content (AvgIpc) is 2.56. The van der Waals surface area contributed by atoms with E-state index in [1.165, 1.54) is 0 Å². The molecule has 3 heteroatoms. The van der Waals surface area contributed by atoms with Crippen LogP contribution >= 0.6 is 0 Å².